The van der Waals surface area contributed by atoms with Gasteiger partial charge in [0.05, 0.1) is 20.8 Å². The van der Waals surface area contributed by atoms with Crippen LogP contribution in [0.5, 0.6) is 11.5 Å². The second-order valence-corrected chi connectivity index (χ2v) is 7.47. The Balaban J connectivity index is 1.63. The van der Waals surface area contributed by atoms with E-state index in [0.29, 0.717) is 0 Å². The van der Waals surface area contributed by atoms with E-state index in [4.69, 9.17) is 14.6 Å². The Morgan fingerprint density at radius 2 is 1.65 bits per heavy atom. The number of rotatable bonds is 5. The molecule has 0 atom stereocenters. The third-order valence-electron chi connectivity index (χ3n) is 4.72. The molecule has 0 radical (unpaired) electrons. The first-order chi connectivity index (χ1) is 12.8. The Labute approximate surface area is 156 Å². The summed E-state index contributed by atoms with van der Waals surface area (Å²) in [6.45, 7) is 3.05. The molecule has 1 fully saturated rings. The predicted octanol–water partition coefficient (Wildman–Crippen LogP) is 3.25. The third kappa shape index (κ3) is 3.52. The summed E-state index contributed by atoms with van der Waals surface area (Å²) in [7, 11) is 3.30. The van der Waals surface area contributed by atoms with E-state index < -0.39 is 0 Å². The van der Waals surface area contributed by atoms with E-state index in [1.54, 1.807) is 14.2 Å². The zero-order valence-electron chi connectivity index (χ0n) is 15.1. The standard InChI is InChI=1S/C18H23N5O2S/c1-24-14-9-13(10-15(11-14)25-2)17-21-23-16(19-20-18(23)26-17)12-22-7-5-3-4-6-8-22/h9-11H,3-8,12H2,1-2H3. The molecule has 7 nitrogen and oxygen atoms in total. The number of likely N-dealkylation sites (tertiary alicyclic amines) is 1. The van der Waals surface area contributed by atoms with Crippen LogP contribution in [0.1, 0.15) is 31.5 Å². The van der Waals surface area contributed by atoms with Crippen LogP contribution in [-0.2, 0) is 6.54 Å². The van der Waals surface area contributed by atoms with Gasteiger partial charge in [0.1, 0.15) is 16.5 Å². The maximum Gasteiger partial charge on any atom is 0.235 e. The van der Waals surface area contributed by atoms with Crippen LogP contribution in [-0.4, -0.2) is 52.0 Å². The van der Waals surface area contributed by atoms with Crippen LogP contribution in [0.2, 0.25) is 0 Å². The van der Waals surface area contributed by atoms with Crippen molar-refractivity contribution >= 4 is 16.3 Å². The largest absolute Gasteiger partial charge is 0.497 e. The zero-order chi connectivity index (χ0) is 17.9. The highest BCUT2D eigenvalue weighted by atomic mass is 32.1. The van der Waals surface area contributed by atoms with Gasteiger partial charge >= 0.3 is 0 Å². The first-order valence-corrected chi connectivity index (χ1v) is 9.75. The average molecular weight is 373 g/mol. The fourth-order valence-corrected chi connectivity index (χ4v) is 4.14. The van der Waals surface area contributed by atoms with E-state index >= 15 is 0 Å². The van der Waals surface area contributed by atoms with Crippen LogP contribution in [0.3, 0.4) is 0 Å². The van der Waals surface area contributed by atoms with Crippen LogP contribution in [0.25, 0.3) is 15.5 Å². The highest BCUT2D eigenvalue weighted by Crippen LogP contribution is 2.32. The van der Waals surface area contributed by atoms with Crippen LogP contribution in [0, 0.1) is 0 Å². The molecule has 3 aromatic rings. The van der Waals surface area contributed by atoms with Gasteiger partial charge in [-0.05, 0) is 38.1 Å². The molecule has 0 amide bonds. The first kappa shape index (κ1) is 17.2. The average Bonchev–Trinajstić information content (AvgIpc) is 3.15. The van der Waals surface area contributed by atoms with Crippen molar-refractivity contribution in [1.82, 2.24) is 24.7 Å². The van der Waals surface area contributed by atoms with Gasteiger partial charge < -0.3 is 9.47 Å². The van der Waals surface area contributed by atoms with Crippen molar-refractivity contribution in [1.29, 1.82) is 0 Å². The first-order valence-electron chi connectivity index (χ1n) is 8.94. The number of ether oxygens (including phenoxy) is 2. The second kappa shape index (κ2) is 7.59. The number of fused-ring (bicyclic) bond motifs is 1. The number of benzene rings is 1. The van der Waals surface area contributed by atoms with Crippen molar-refractivity contribution in [2.24, 2.45) is 0 Å². The molecule has 8 heteroatoms. The van der Waals surface area contributed by atoms with E-state index in [0.717, 1.165) is 52.5 Å². The van der Waals surface area contributed by atoms with E-state index in [1.807, 2.05) is 22.7 Å². The molecule has 0 spiro atoms. The zero-order valence-corrected chi connectivity index (χ0v) is 16.0. The van der Waals surface area contributed by atoms with E-state index in [-0.39, 0.29) is 0 Å². The summed E-state index contributed by atoms with van der Waals surface area (Å²) in [5.41, 5.74) is 0.956. The summed E-state index contributed by atoms with van der Waals surface area (Å²) in [5.74, 6) is 2.39. The van der Waals surface area contributed by atoms with E-state index in [9.17, 15) is 0 Å². The Morgan fingerprint density at radius 3 is 2.31 bits per heavy atom. The molecular weight excluding hydrogens is 350 g/mol. The van der Waals surface area contributed by atoms with Crippen molar-refractivity contribution in [2.75, 3.05) is 27.3 Å². The smallest absolute Gasteiger partial charge is 0.235 e. The van der Waals surface area contributed by atoms with Gasteiger partial charge in [-0.2, -0.15) is 9.61 Å². The molecule has 1 saturated heterocycles. The fraction of sp³-hybridized carbons (Fsp3) is 0.500. The number of nitrogens with zero attached hydrogens (tertiary/aromatic N) is 5. The highest BCUT2D eigenvalue weighted by molar-refractivity contribution is 7.19. The normalized spacial score (nSPS) is 15.9. The Hall–Kier alpha value is -2.19. The minimum absolute atomic E-state index is 0.745. The summed E-state index contributed by atoms with van der Waals surface area (Å²) >= 11 is 1.52. The summed E-state index contributed by atoms with van der Waals surface area (Å²) in [6, 6.07) is 5.78. The van der Waals surface area contributed by atoms with Gasteiger partial charge in [0.15, 0.2) is 5.82 Å². The number of methoxy groups -OCH3 is 2. The Bertz CT molecular complexity index is 861. The molecule has 138 valence electrons. The van der Waals surface area contributed by atoms with Crippen LogP contribution in [0.4, 0.5) is 0 Å². The van der Waals surface area contributed by atoms with Gasteiger partial charge in [-0.1, -0.05) is 24.2 Å². The third-order valence-corrected chi connectivity index (χ3v) is 5.67. The molecular formula is C18H23N5O2S. The number of aromatic nitrogens is 4. The molecule has 0 saturated carbocycles. The van der Waals surface area contributed by atoms with Crippen LogP contribution in [0.15, 0.2) is 18.2 Å². The summed E-state index contributed by atoms with van der Waals surface area (Å²) in [5, 5.41) is 14.3. The topological polar surface area (TPSA) is 64.8 Å². The molecule has 3 heterocycles. The number of hydrogen-bond donors (Lipinski definition) is 0. The van der Waals surface area contributed by atoms with Crippen molar-refractivity contribution in [2.45, 2.75) is 32.2 Å². The fourth-order valence-electron chi connectivity index (χ4n) is 3.30. The Kier molecular flexibility index (Phi) is 5.03. The van der Waals surface area contributed by atoms with Gasteiger partial charge in [-0.3, -0.25) is 4.90 Å². The van der Waals surface area contributed by atoms with Gasteiger partial charge in [-0.25, -0.2) is 0 Å². The lowest BCUT2D eigenvalue weighted by atomic mass is 10.2. The molecule has 1 aliphatic heterocycles. The summed E-state index contributed by atoms with van der Waals surface area (Å²) in [4.78, 5) is 3.27. The quantitative estimate of drug-likeness (QED) is 0.684. The minimum Gasteiger partial charge on any atom is -0.497 e. The maximum atomic E-state index is 5.37. The van der Waals surface area contributed by atoms with E-state index in [2.05, 4.69) is 15.1 Å². The Morgan fingerprint density at radius 1 is 0.962 bits per heavy atom. The molecule has 2 aromatic heterocycles. The monoisotopic (exact) mass is 373 g/mol. The van der Waals surface area contributed by atoms with E-state index in [1.165, 1.54) is 37.0 Å². The molecule has 0 N–H and O–H groups in total. The predicted molar refractivity (Wildman–Crippen MR) is 101 cm³/mol. The molecule has 1 aliphatic rings. The van der Waals surface area contributed by atoms with Gasteiger partial charge in [0.25, 0.3) is 0 Å². The SMILES string of the molecule is COc1cc(OC)cc(-c2nn3c(CN4CCCCCC4)nnc3s2)c1. The van der Waals surface area contributed by atoms with Gasteiger partial charge in [-0.15, -0.1) is 10.2 Å². The van der Waals surface area contributed by atoms with Crippen molar-refractivity contribution in [3.8, 4) is 22.1 Å². The lowest BCUT2D eigenvalue weighted by Gasteiger charge is -2.17. The summed E-state index contributed by atoms with van der Waals surface area (Å²) < 4.78 is 12.6. The van der Waals surface area contributed by atoms with Gasteiger partial charge in [0, 0.05) is 11.6 Å². The highest BCUT2D eigenvalue weighted by Gasteiger charge is 2.17. The lowest BCUT2D eigenvalue weighted by Crippen LogP contribution is -2.25. The van der Waals surface area contributed by atoms with Crippen molar-refractivity contribution in [3.05, 3.63) is 24.0 Å². The van der Waals surface area contributed by atoms with Crippen molar-refractivity contribution in [3.63, 3.8) is 0 Å². The molecule has 0 aliphatic carbocycles. The molecule has 1 aromatic carbocycles. The van der Waals surface area contributed by atoms with Gasteiger partial charge in [0.2, 0.25) is 4.96 Å². The molecule has 0 bridgehead atoms. The maximum absolute atomic E-state index is 5.37. The second-order valence-electron chi connectivity index (χ2n) is 6.51. The lowest BCUT2D eigenvalue weighted by molar-refractivity contribution is 0.268. The molecule has 26 heavy (non-hydrogen) atoms. The molecule has 4 rings (SSSR count). The van der Waals surface area contributed by atoms with Crippen molar-refractivity contribution < 1.29 is 9.47 Å². The molecule has 0 unspecified atom stereocenters. The van der Waals surface area contributed by atoms with Crippen LogP contribution < -0.4 is 9.47 Å². The summed E-state index contributed by atoms with van der Waals surface area (Å²) in [6.07, 6.45) is 5.16. The minimum atomic E-state index is 0.745. The number of hydrogen-bond acceptors (Lipinski definition) is 7. The van der Waals surface area contributed by atoms with Crippen LogP contribution >= 0.6 is 11.3 Å².